The number of aromatic nitrogens is 1. The Morgan fingerprint density at radius 3 is 2.65 bits per heavy atom. The number of rotatable bonds is 8. The number of halogens is 1. The molecule has 0 fully saturated rings. The van der Waals surface area contributed by atoms with Gasteiger partial charge in [0.25, 0.3) is 5.91 Å². The predicted molar refractivity (Wildman–Crippen MR) is 116 cm³/mol. The standard InChI is InChI=1S/C23H20ClN3O4/c24-19-7-3-1-5-17(19)22(21-14-29-15-30-21)31-27-23(28)18-6-2-4-8-20(18)26-13-16-9-11-25-12-10-16/h1-12,14,22,26H,13,15H2,(H,27,28). The van der Waals surface area contributed by atoms with Crippen molar-refractivity contribution in [1.29, 1.82) is 0 Å². The summed E-state index contributed by atoms with van der Waals surface area (Å²) in [7, 11) is 0. The lowest BCUT2D eigenvalue weighted by molar-refractivity contribution is -0.0303. The Kier molecular flexibility index (Phi) is 6.66. The monoisotopic (exact) mass is 437 g/mol. The zero-order valence-corrected chi connectivity index (χ0v) is 17.2. The zero-order chi connectivity index (χ0) is 21.5. The summed E-state index contributed by atoms with van der Waals surface area (Å²) in [6, 6.07) is 18.2. The molecule has 1 aliphatic rings. The number of amides is 1. The number of hydrogen-bond donors (Lipinski definition) is 2. The van der Waals surface area contributed by atoms with Crippen LogP contribution in [0.2, 0.25) is 5.02 Å². The Bertz CT molecular complexity index is 1080. The van der Waals surface area contributed by atoms with Crippen LogP contribution in [0.4, 0.5) is 5.69 Å². The van der Waals surface area contributed by atoms with Crippen LogP contribution in [-0.2, 0) is 20.9 Å². The van der Waals surface area contributed by atoms with Crippen LogP contribution in [0.15, 0.2) is 85.1 Å². The summed E-state index contributed by atoms with van der Waals surface area (Å²) in [5, 5.41) is 3.76. The Morgan fingerprint density at radius 1 is 1.10 bits per heavy atom. The molecular weight excluding hydrogens is 418 g/mol. The van der Waals surface area contributed by atoms with Crippen LogP contribution < -0.4 is 10.8 Å². The Labute approximate surface area is 184 Å². The average molecular weight is 438 g/mol. The molecule has 8 heteroatoms. The lowest BCUT2D eigenvalue weighted by Gasteiger charge is -2.19. The first-order valence-corrected chi connectivity index (χ1v) is 9.97. The molecule has 0 spiro atoms. The first kappa shape index (κ1) is 20.7. The van der Waals surface area contributed by atoms with Crippen molar-refractivity contribution in [3.63, 3.8) is 0 Å². The molecule has 2 aromatic carbocycles. The minimum absolute atomic E-state index is 0.0787. The second-order valence-corrected chi connectivity index (χ2v) is 7.06. The van der Waals surface area contributed by atoms with Gasteiger partial charge in [0.1, 0.15) is 6.26 Å². The zero-order valence-electron chi connectivity index (χ0n) is 16.5. The van der Waals surface area contributed by atoms with Crippen molar-refractivity contribution >= 4 is 23.2 Å². The molecule has 2 heterocycles. The maximum absolute atomic E-state index is 12.9. The molecule has 3 aromatic rings. The summed E-state index contributed by atoms with van der Waals surface area (Å²) in [4.78, 5) is 22.6. The molecule has 1 aromatic heterocycles. The van der Waals surface area contributed by atoms with E-state index in [-0.39, 0.29) is 6.79 Å². The van der Waals surface area contributed by atoms with Crippen LogP contribution in [-0.4, -0.2) is 17.7 Å². The number of nitrogens with zero attached hydrogens (tertiary/aromatic N) is 1. The third-order valence-corrected chi connectivity index (χ3v) is 4.96. The van der Waals surface area contributed by atoms with Crippen LogP contribution in [0, 0.1) is 0 Å². The normalized spacial score (nSPS) is 13.5. The van der Waals surface area contributed by atoms with Crippen molar-refractivity contribution in [3.05, 3.63) is 107 Å². The molecule has 4 rings (SSSR count). The number of para-hydroxylation sites is 1. The lowest BCUT2D eigenvalue weighted by atomic mass is 10.1. The highest BCUT2D eigenvalue weighted by molar-refractivity contribution is 6.31. The minimum atomic E-state index is -0.753. The Hall–Kier alpha value is -3.55. The van der Waals surface area contributed by atoms with Crippen LogP contribution >= 0.6 is 11.6 Å². The Morgan fingerprint density at radius 2 is 1.87 bits per heavy atom. The highest BCUT2D eigenvalue weighted by Gasteiger charge is 2.26. The second kappa shape index (κ2) is 9.97. The van der Waals surface area contributed by atoms with Gasteiger partial charge in [-0.1, -0.05) is 41.9 Å². The average Bonchev–Trinajstić information content (AvgIpc) is 3.34. The number of benzene rings is 2. The molecule has 1 aliphatic heterocycles. The number of carbonyl (C=O) groups is 1. The molecule has 7 nitrogen and oxygen atoms in total. The fourth-order valence-electron chi connectivity index (χ4n) is 3.05. The molecule has 0 saturated heterocycles. The van der Waals surface area contributed by atoms with Crippen molar-refractivity contribution in [2.75, 3.05) is 12.1 Å². The van der Waals surface area contributed by atoms with Gasteiger partial charge in [0.15, 0.2) is 11.9 Å². The van der Waals surface area contributed by atoms with Gasteiger partial charge in [-0.2, -0.15) is 0 Å². The largest absolute Gasteiger partial charge is 0.461 e. The van der Waals surface area contributed by atoms with E-state index in [9.17, 15) is 4.79 Å². The van der Waals surface area contributed by atoms with E-state index in [1.54, 1.807) is 36.7 Å². The topological polar surface area (TPSA) is 81.7 Å². The molecule has 2 N–H and O–H groups in total. The van der Waals surface area contributed by atoms with E-state index >= 15 is 0 Å². The number of pyridine rings is 1. The van der Waals surface area contributed by atoms with E-state index in [2.05, 4.69) is 15.8 Å². The van der Waals surface area contributed by atoms with Gasteiger partial charge in [-0.25, -0.2) is 5.48 Å². The molecule has 158 valence electrons. The van der Waals surface area contributed by atoms with Crippen LogP contribution in [0.1, 0.15) is 27.6 Å². The van der Waals surface area contributed by atoms with Crippen LogP contribution in [0.5, 0.6) is 0 Å². The number of nitrogens with one attached hydrogen (secondary N) is 2. The molecule has 1 amide bonds. The summed E-state index contributed by atoms with van der Waals surface area (Å²) in [6.07, 6.45) is 4.14. The van der Waals surface area contributed by atoms with Crippen LogP contribution in [0.25, 0.3) is 0 Å². The molecule has 1 atom stereocenters. The van der Waals surface area contributed by atoms with Gasteiger partial charge < -0.3 is 14.8 Å². The van der Waals surface area contributed by atoms with Gasteiger partial charge in [-0.05, 0) is 35.9 Å². The number of carbonyl (C=O) groups excluding carboxylic acids is 1. The van der Waals surface area contributed by atoms with E-state index in [1.165, 1.54) is 6.26 Å². The third-order valence-electron chi connectivity index (χ3n) is 4.61. The smallest absolute Gasteiger partial charge is 0.276 e. The highest BCUT2D eigenvalue weighted by Crippen LogP contribution is 2.33. The van der Waals surface area contributed by atoms with Gasteiger partial charge in [0.05, 0.1) is 5.56 Å². The molecule has 0 aliphatic carbocycles. The molecule has 0 saturated carbocycles. The highest BCUT2D eigenvalue weighted by atomic mass is 35.5. The van der Waals surface area contributed by atoms with E-state index in [0.29, 0.717) is 34.1 Å². The van der Waals surface area contributed by atoms with Gasteiger partial charge in [-0.3, -0.25) is 14.6 Å². The summed E-state index contributed by atoms with van der Waals surface area (Å²) in [5.41, 5.74) is 5.32. The maximum Gasteiger partial charge on any atom is 0.276 e. The van der Waals surface area contributed by atoms with Crippen molar-refractivity contribution in [3.8, 4) is 0 Å². The number of ether oxygens (including phenoxy) is 2. The van der Waals surface area contributed by atoms with Gasteiger partial charge >= 0.3 is 0 Å². The van der Waals surface area contributed by atoms with Crippen molar-refractivity contribution in [2.24, 2.45) is 0 Å². The lowest BCUT2D eigenvalue weighted by Crippen LogP contribution is -2.28. The first-order chi connectivity index (χ1) is 15.2. The van der Waals surface area contributed by atoms with E-state index in [1.807, 2.05) is 36.4 Å². The van der Waals surface area contributed by atoms with Crippen molar-refractivity contribution < 1.29 is 19.1 Å². The predicted octanol–water partition coefficient (Wildman–Crippen LogP) is 4.60. The SMILES string of the molecule is O=C(NOC(C1=COCO1)c1ccccc1Cl)c1ccccc1NCc1ccncc1. The van der Waals surface area contributed by atoms with Crippen molar-refractivity contribution in [2.45, 2.75) is 12.6 Å². The van der Waals surface area contributed by atoms with Crippen molar-refractivity contribution in [1.82, 2.24) is 10.5 Å². The maximum atomic E-state index is 12.9. The fourth-order valence-corrected chi connectivity index (χ4v) is 3.29. The van der Waals surface area contributed by atoms with Gasteiger partial charge in [0, 0.05) is 35.2 Å². The summed E-state index contributed by atoms with van der Waals surface area (Å²) >= 11 is 6.32. The number of anilines is 1. The molecule has 0 radical (unpaired) electrons. The summed E-state index contributed by atoms with van der Waals surface area (Å²) in [5.74, 6) is 0.00638. The van der Waals surface area contributed by atoms with E-state index in [0.717, 1.165) is 5.56 Å². The van der Waals surface area contributed by atoms with Gasteiger partial charge in [0.2, 0.25) is 6.79 Å². The van der Waals surface area contributed by atoms with Gasteiger partial charge in [-0.15, -0.1) is 0 Å². The first-order valence-electron chi connectivity index (χ1n) is 9.59. The van der Waals surface area contributed by atoms with E-state index in [4.69, 9.17) is 25.9 Å². The third kappa shape index (κ3) is 5.14. The number of hydroxylamine groups is 1. The van der Waals surface area contributed by atoms with Crippen LogP contribution in [0.3, 0.4) is 0 Å². The van der Waals surface area contributed by atoms with E-state index < -0.39 is 12.0 Å². The minimum Gasteiger partial charge on any atom is -0.461 e. The summed E-state index contributed by atoms with van der Waals surface area (Å²) < 4.78 is 10.6. The molecule has 0 bridgehead atoms. The number of hydrogen-bond acceptors (Lipinski definition) is 6. The molecule has 1 unspecified atom stereocenters. The fraction of sp³-hybridized carbons (Fsp3) is 0.130. The molecular formula is C23H20ClN3O4. The Balaban J connectivity index is 1.48. The second-order valence-electron chi connectivity index (χ2n) is 6.65. The quantitative estimate of drug-likeness (QED) is 0.501. The summed E-state index contributed by atoms with van der Waals surface area (Å²) in [6.45, 7) is 0.628. The molecule has 31 heavy (non-hydrogen) atoms.